The third-order valence-corrected chi connectivity index (χ3v) is 4.83. The van der Waals surface area contributed by atoms with Gasteiger partial charge in [0.25, 0.3) is 0 Å². The number of dihydropyridines is 1. The van der Waals surface area contributed by atoms with Crippen molar-refractivity contribution in [2.24, 2.45) is 0 Å². The Morgan fingerprint density at radius 3 is 2.68 bits per heavy atom. The van der Waals surface area contributed by atoms with Crippen molar-refractivity contribution in [1.82, 2.24) is 14.9 Å². The van der Waals surface area contributed by atoms with Crippen molar-refractivity contribution in [2.75, 3.05) is 7.11 Å². The summed E-state index contributed by atoms with van der Waals surface area (Å²) in [5.41, 5.74) is 5.25. The highest BCUT2D eigenvalue weighted by molar-refractivity contribution is 5.95. The van der Waals surface area contributed by atoms with Gasteiger partial charge in [0.05, 0.1) is 30.6 Å². The monoisotopic (exact) mass is 377 g/mol. The normalized spacial score (nSPS) is 16.5. The number of benzene rings is 1. The first-order chi connectivity index (χ1) is 13.6. The molecule has 1 atom stereocenters. The summed E-state index contributed by atoms with van der Waals surface area (Å²) < 4.78 is 7.00. The molecule has 28 heavy (non-hydrogen) atoms. The lowest BCUT2D eigenvalue weighted by Crippen LogP contribution is -2.30. The van der Waals surface area contributed by atoms with Crippen LogP contribution in [0.2, 0.25) is 0 Å². The second-order valence-corrected chi connectivity index (χ2v) is 6.69. The number of hydrogen-bond acceptors (Lipinski definition) is 5. The molecule has 6 heteroatoms. The highest BCUT2D eigenvalue weighted by Gasteiger charge is 2.35. The maximum Gasteiger partial charge on any atom is 0.336 e. The van der Waals surface area contributed by atoms with Crippen molar-refractivity contribution in [3.8, 4) is 0 Å². The smallest absolute Gasteiger partial charge is 0.336 e. The molecule has 0 spiro atoms. The highest BCUT2D eigenvalue weighted by atomic mass is 16.5. The van der Waals surface area contributed by atoms with Crippen LogP contribution in [0, 0.1) is 6.92 Å². The van der Waals surface area contributed by atoms with E-state index < -0.39 is 0 Å². The van der Waals surface area contributed by atoms with E-state index in [2.05, 4.69) is 10.3 Å². The fourth-order valence-electron chi connectivity index (χ4n) is 3.52. The van der Waals surface area contributed by atoms with Crippen LogP contribution in [0.3, 0.4) is 0 Å². The van der Waals surface area contributed by atoms with Crippen molar-refractivity contribution >= 4 is 17.6 Å². The Labute approximate surface area is 164 Å². The summed E-state index contributed by atoms with van der Waals surface area (Å²) >= 11 is 0. The van der Waals surface area contributed by atoms with Crippen LogP contribution in [0.5, 0.6) is 0 Å². The molecule has 0 saturated carbocycles. The molecule has 0 aliphatic carbocycles. The largest absolute Gasteiger partial charge is 0.466 e. The average Bonchev–Trinajstić information content (AvgIpc) is 3.22. The number of rotatable bonds is 6. The van der Waals surface area contributed by atoms with Crippen molar-refractivity contribution in [2.45, 2.75) is 32.6 Å². The van der Waals surface area contributed by atoms with E-state index in [-0.39, 0.29) is 11.9 Å². The molecule has 2 aromatic rings. The zero-order valence-corrected chi connectivity index (χ0v) is 16.2. The molecule has 1 aliphatic heterocycles. The van der Waals surface area contributed by atoms with Gasteiger partial charge in [0.15, 0.2) is 0 Å². The van der Waals surface area contributed by atoms with Crippen LogP contribution < -0.4 is 5.32 Å². The number of aromatic nitrogens is 2. The van der Waals surface area contributed by atoms with Crippen LogP contribution in [0.1, 0.15) is 36.8 Å². The number of nitrogens with one attached hydrogen (secondary N) is 1. The molecule has 1 aromatic heterocycles. The number of nitrogens with zero attached hydrogens (tertiary/aromatic N) is 2. The van der Waals surface area contributed by atoms with E-state index >= 15 is 0 Å². The molecule has 1 N–H and O–H groups in total. The predicted molar refractivity (Wildman–Crippen MR) is 107 cm³/mol. The lowest BCUT2D eigenvalue weighted by Gasteiger charge is -2.33. The van der Waals surface area contributed by atoms with Crippen LogP contribution in [-0.4, -0.2) is 28.6 Å². The van der Waals surface area contributed by atoms with Crippen molar-refractivity contribution in [1.29, 1.82) is 0 Å². The lowest BCUT2D eigenvalue weighted by molar-refractivity contribution is -0.136. The van der Waals surface area contributed by atoms with Crippen LogP contribution in [-0.2, 0) is 14.3 Å². The van der Waals surface area contributed by atoms with Gasteiger partial charge in [-0.15, -0.1) is 0 Å². The van der Waals surface area contributed by atoms with Crippen molar-refractivity contribution in [3.05, 3.63) is 77.2 Å². The highest BCUT2D eigenvalue weighted by Crippen LogP contribution is 2.42. The van der Waals surface area contributed by atoms with Crippen LogP contribution >= 0.6 is 0 Å². The number of hydrogen-bond donors (Lipinski definition) is 1. The Morgan fingerprint density at radius 1 is 1.32 bits per heavy atom. The zero-order valence-electron chi connectivity index (χ0n) is 16.2. The number of methoxy groups -OCH3 is 1. The Balaban J connectivity index is 2.21. The maximum absolute atomic E-state index is 12.7. The van der Waals surface area contributed by atoms with Gasteiger partial charge in [0.2, 0.25) is 0 Å². The third-order valence-electron chi connectivity index (χ3n) is 4.83. The molecule has 0 amide bonds. The first-order valence-electron chi connectivity index (χ1n) is 9.10. The summed E-state index contributed by atoms with van der Waals surface area (Å²) in [6, 6.07) is 8.12. The van der Waals surface area contributed by atoms with Gasteiger partial charge >= 0.3 is 5.97 Å². The van der Waals surface area contributed by atoms with Crippen molar-refractivity contribution < 1.29 is 14.3 Å². The molecule has 1 aliphatic rings. The molecule has 2 heterocycles. The Kier molecular flexibility index (Phi) is 5.92. The number of imidazole rings is 1. The topological polar surface area (TPSA) is 73.2 Å². The van der Waals surface area contributed by atoms with Gasteiger partial charge in [-0.1, -0.05) is 29.8 Å². The van der Waals surface area contributed by atoms with Gasteiger partial charge in [0, 0.05) is 29.9 Å². The van der Waals surface area contributed by atoms with Crippen molar-refractivity contribution in [3.63, 3.8) is 0 Å². The first kappa shape index (κ1) is 19.4. The molecule has 3 rings (SSSR count). The van der Waals surface area contributed by atoms with Gasteiger partial charge in [0.1, 0.15) is 5.94 Å². The lowest BCUT2D eigenvalue weighted by atomic mass is 9.82. The van der Waals surface area contributed by atoms with Crippen LogP contribution in [0.25, 0.3) is 5.70 Å². The minimum atomic E-state index is -0.375. The van der Waals surface area contributed by atoms with E-state index in [1.807, 2.05) is 54.8 Å². The summed E-state index contributed by atoms with van der Waals surface area (Å²) in [6.07, 6.45) is 7.89. The standard InChI is InChI=1S/C22H23N3O3/c1-15-7-9-17(10-8-15)20-19(22(27)28-3)16(2)24-18(6-4-5-13-26)21(20)25-12-11-23-14-25/h5,7-12,14,20,24H,4,6H2,1-3H3. The molecule has 6 nitrogen and oxygen atoms in total. The minimum Gasteiger partial charge on any atom is -0.466 e. The average molecular weight is 377 g/mol. The number of ether oxygens (including phenoxy) is 1. The second-order valence-electron chi connectivity index (χ2n) is 6.69. The van der Waals surface area contributed by atoms with Gasteiger partial charge in [-0.05, 0) is 32.3 Å². The Morgan fingerprint density at radius 2 is 2.07 bits per heavy atom. The summed E-state index contributed by atoms with van der Waals surface area (Å²) in [5, 5.41) is 3.35. The molecule has 144 valence electrons. The zero-order chi connectivity index (χ0) is 20.1. The van der Waals surface area contributed by atoms with E-state index in [0.717, 1.165) is 28.2 Å². The second kappa shape index (κ2) is 8.55. The maximum atomic E-state index is 12.7. The fraction of sp³-hybridized carbons (Fsp3) is 0.273. The van der Waals surface area contributed by atoms with E-state index in [1.165, 1.54) is 13.2 Å². The molecule has 1 unspecified atom stereocenters. The minimum absolute atomic E-state index is 0.321. The summed E-state index contributed by atoms with van der Waals surface area (Å²) in [4.78, 5) is 27.5. The molecule has 0 radical (unpaired) electrons. The quantitative estimate of drug-likeness (QED) is 0.617. The Hall–Kier alpha value is -3.37. The molecule has 1 aromatic carbocycles. The fourth-order valence-corrected chi connectivity index (χ4v) is 3.52. The Bertz CT molecular complexity index is 963. The molecule has 0 bridgehead atoms. The van der Waals surface area contributed by atoms with Gasteiger partial charge in [-0.2, -0.15) is 0 Å². The number of carbonyl (C=O) groups is 1. The van der Waals surface area contributed by atoms with Gasteiger partial charge in [-0.25, -0.2) is 14.6 Å². The summed E-state index contributed by atoms with van der Waals surface area (Å²) in [7, 11) is 1.39. The number of carbonyl (C=O) groups excluding carboxylic acids is 2. The molecule has 0 fully saturated rings. The number of allylic oxidation sites excluding steroid dienone is 4. The first-order valence-corrected chi connectivity index (χ1v) is 9.10. The predicted octanol–water partition coefficient (Wildman–Crippen LogP) is 3.36. The van der Waals surface area contributed by atoms with E-state index in [4.69, 9.17) is 4.74 Å². The molecular weight excluding hydrogens is 354 g/mol. The van der Waals surface area contributed by atoms with Crippen LogP contribution in [0.15, 0.2) is 66.0 Å². The van der Waals surface area contributed by atoms with E-state index in [9.17, 15) is 9.59 Å². The third kappa shape index (κ3) is 3.82. The SMILES string of the molecule is COC(=O)C1=C(C)NC(CCC=C=O)=C(n2ccnc2)C1c1ccc(C)cc1. The van der Waals surface area contributed by atoms with Gasteiger partial charge in [-0.3, -0.25) is 0 Å². The van der Waals surface area contributed by atoms with Gasteiger partial charge < -0.3 is 14.6 Å². The molecular formula is C22H23N3O3. The number of esters is 1. The van der Waals surface area contributed by atoms with Crippen LogP contribution in [0.4, 0.5) is 0 Å². The summed E-state index contributed by atoms with van der Waals surface area (Å²) in [6.45, 7) is 3.89. The van der Waals surface area contributed by atoms with E-state index in [0.29, 0.717) is 18.4 Å². The molecule has 0 saturated heterocycles. The number of aryl methyl sites for hydroxylation is 1. The summed E-state index contributed by atoms with van der Waals surface area (Å²) in [5.74, 6) is 1.13. The van der Waals surface area contributed by atoms with E-state index in [1.54, 1.807) is 12.5 Å².